The fourth-order valence-corrected chi connectivity index (χ4v) is 9.10. The van der Waals surface area contributed by atoms with Gasteiger partial charge in [-0.3, -0.25) is 0 Å². The van der Waals surface area contributed by atoms with Gasteiger partial charge in [-0.2, -0.15) is 0 Å². The van der Waals surface area contributed by atoms with E-state index in [1.807, 2.05) is 48.5 Å². The Labute approximate surface area is 353 Å². The molecule has 59 heavy (non-hydrogen) atoms. The first-order chi connectivity index (χ1) is 28.5. The average Bonchev–Trinajstić information content (AvgIpc) is 4.21. The zero-order valence-electron chi connectivity index (χ0n) is 36.1. The van der Waals surface area contributed by atoms with Crippen molar-refractivity contribution >= 4 is 8.80 Å². The number of epoxide rings is 2. The smallest absolute Gasteiger partial charge is 0.491 e. The maximum atomic E-state index is 6.75. The van der Waals surface area contributed by atoms with Crippen molar-refractivity contribution in [2.45, 2.75) is 89.1 Å². The molecule has 2 aliphatic rings. The van der Waals surface area contributed by atoms with E-state index in [9.17, 15) is 0 Å². The third-order valence-electron chi connectivity index (χ3n) is 11.4. The van der Waals surface area contributed by atoms with E-state index in [1.54, 1.807) is 14.2 Å². The van der Waals surface area contributed by atoms with Crippen LogP contribution in [-0.4, -0.2) is 94.1 Å². The van der Waals surface area contributed by atoms with Gasteiger partial charge in [-0.1, -0.05) is 89.6 Å². The molecule has 2 fully saturated rings. The maximum absolute atomic E-state index is 6.75. The minimum Gasteiger partial charge on any atom is -0.491 e. The molecule has 11 heteroatoms. The lowest BCUT2D eigenvalue weighted by molar-refractivity contribution is 0.00878. The highest BCUT2D eigenvalue weighted by Gasteiger charge is 2.41. The lowest BCUT2D eigenvalue weighted by Crippen LogP contribution is -2.49. The molecule has 0 saturated carbocycles. The third kappa shape index (κ3) is 13.0. The van der Waals surface area contributed by atoms with Crippen LogP contribution < -0.4 is 24.3 Å². The average molecular weight is 828 g/mol. The summed E-state index contributed by atoms with van der Waals surface area (Å²) < 4.78 is 53.9. The van der Waals surface area contributed by atoms with Crippen LogP contribution in [0.3, 0.4) is 0 Å². The molecule has 320 valence electrons. The van der Waals surface area contributed by atoms with Gasteiger partial charge in [0.15, 0.2) is 0 Å². The van der Waals surface area contributed by atoms with Gasteiger partial charge in [0.25, 0.3) is 0 Å². The summed E-state index contributed by atoms with van der Waals surface area (Å²) in [6.45, 7) is 16.2. The number of unbranched alkanes of at least 4 members (excludes halogenated alkanes) is 1. The van der Waals surface area contributed by atoms with Crippen LogP contribution in [0.5, 0.6) is 23.0 Å². The van der Waals surface area contributed by atoms with Gasteiger partial charge in [0.05, 0.1) is 13.2 Å². The Morgan fingerprint density at radius 2 is 0.932 bits per heavy atom. The maximum Gasteiger partial charge on any atom is 0.500 e. The van der Waals surface area contributed by atoms with Crippen LogP contribution >= 0.6 is 0 Å². The minimum absolute atomic E-state index is 0.223. The van der Waals surface area contributed by atoms with E-state index in [1.165, 1.54) is 22.3 Å². The second kappa shape index (κ2) is 21.0. The minimum atomic E-state index is -3.05. The van der Waals surface area contributed by atoms with E-state index in [4.69, 9.17) is 41.7 Å². The molecule has 0 bridgehead atoms. The number of hydrogen-bond acceptors (Lipinski definition) is 10. The highest BCUT2D eigenvalue weighted by molar-refractivity contribution is 6.60. The normalized spacial score (nSPS) is 17.0. The molecule has 0 spiro atoms. The van der Waals surface area contributed by atoms with Crippen molar-refractivity contribution in [2.75, 3.05) is 67.0 Å². The van der Waals surface area contributed by atoms with Gasteiger partial charge in [-0.25, -0.2) is 0 Å². The van der Waals surface area contributed by atoms with Crippen LogP contribution in [0.2, 0.25) is 6.04 Å². The van der Waals surface area contributed by atoms with Crippen molar-refractivity contribution in [2.24, 2.45) is 0 Å². The van der Waals surface area contributed by atoms with Gasteiger partial charge in [-0.15, -0.1) is 0 Å². The van der Waals surface area contributed by atoms with Gasteiger partial charge < -0.3 is 47.0 Å². The summed E-state index contributed by atoms with van der Waals surface area (Å²) in [5.41, 5.74) is 4.30. The highest BCUT2D eigenvalue weighted by atomic mass is 28.4. The molecule has 4 aromatic rings. The molecule has 1 N–H and O–H groups in total. The van der Waals surface area contributed by atoms with E-state index in [2.05, 4.69) is 88.5 Å². The molecule has 0 amide bonds. The lowest BCUT2D eigenvalue weighted by atomic mass is 9.78. The first-order valence-corrected chi connectivity index (χ1v) is 23.1. The molecule has 2 aliphatic heterocycles. The summed E-state index contributed by atoms with van der Waals surface area (Å²) in [5.74, 6) is 3.20. The Morgan fingerprint density at radius 1 is 0.576 bits per heavy atom. The van der Waals surface area contributed by atoms with Gasteiger partial charge in [-0.05, 0) is 96.7 Å². The van der Waals surface area contributed by atoms with Crippen LogP contribution in [-0.2, 0) is 33.6 Å². The fourth-order valence-electron chi connectivity index (χ4n) is 6.96. The lowest BCUT2D eigenvalue weighted by Gasteiger charge is -2.31. The molecule has 6 rings (SSSR count). The third-order valence-corrected chi connectivity index (χ3v) is 14.3. The van der Waals surface area contributed by atoms with Crippen molar-refractivity contribution < 1.29 is 41.7 Å². The molecule has 0 radical (unpaired) electrons. The molecule has 10 nitrogen and oxygen atoms in total. The Hall–Kier alpha value is -3.94. The van der Waals surface area contributed by atoms with E-state index < -0.39 is 14.9 Å². The second-order valence-corrected chi connectivity index (χ2v) is 19.5. The summed E-state index contributed by atoms with van der Waals surface area (Å²) in [7, 11) is 0.299. The SMILES string of the molecule is CCCCNCCC[Si](OC)(OC)OC(COc1ccc(C(C)(C)c2ccc(OCC3CO3)cc2)cc1)COc1ccc(C(C)(C)c2ccc(OCC3CO3)cc2)cc1. The number of benzene rings is 4. The molecule has 4 aromatic carbocycles. The van der Waals surface area contributed by atoms with E-state index in [0.29, 0.717) is 19.3 Å². The molecule has 2 unspecified atom stereocenters. The molecular weight excluding hydrogens is 763 g/mol. The van der Waals surface area contributed by atoms with Crippen LogP contribution in [0.15, 0.2) is 97.1 Å². The van der Waals surface area contributed by atoms with E-state index >= 15 is 0 Å². The highest BCUT2D eigenvalue weighted by Crippen LogP contribution is 2.35. The van der Waals surface area contributed by atoms with Crippen LogP contribution in [0.25, 0.3) is 0 Å². The summed E-state index contributed by atoms with van der Waals surface area (Å²) in [5, 5.41) is 3.52. The number of ether oxygens (including phenoxy) is 6. The molecule has 0 aliphatic carbocycles. The monoisotopic (exact) mass is 827 g/mol. The summed E-state index contributed by atoms with van der Waals surface area (Å²) in [4.78, 5) is 0. The van der Waals surface area contributed by atoms with Gasteiger partial charge in [0.1, 0.15) is 67.7 Å². The predicted octanol–water partition coefficient (Wildman–Crippen LogP) is 8.75. The molecule has 0 aromatic heterocycles. The van der Waals surface area contributed by atoms with Crippen LogP contribution in [0.1, 0.15) is 76.1 Å². The summed E-state index contributed by atoms with van der Waals surface area (Å²) in [6.07, 6.45) is 3.19. The van der Waals surface area contributed by atoms with Crippen LogP contribution in [0.4, 0.5) is 0 Å². The van der Waals surface area contributed by atoms with E-state index in [0.717, 1.165) is 68.6 Å². The second-order valence-electron chi connectivity index (χ2n) is 16.5. The Morgan fingerprint density at radius 3 is 1.27 bits per heavy atom. The number of rotatable bonds is 27. The Bertz CT molecular complexity index is 1700. The first-order valence-electron chi connectivity index (χ1n) is 21.2. The first kappa shape index (κ1) is 44.6. The standard InChI is InChI=1S/C48H65NO9Si/c1-8-9-27-49-28-10-29-59(50-6,51-7)58-46(34-54-42-23-15-38(16-24-42)47(2,3)36-11-19-40(20-12-36)52-30-44-32-56-44)35-55-43-25-17-39(18-26-43)48(4,5)37-13-21-41(22-14-37)53-31-45-33-57-45/h11-26,44-46,49H,8-10,27-35H2,1-7H3. The van der Waals surface area contributed by atoms with E-state index in [-0.39, 0.29) is 36.3 Å². The van der Waals surface area contributed by atoms with Gasteiger partial charge >= 0.3 is 8.80 Å². The van der Waals surface area contributed by atoms with Crippen molar-refractivity contribution in [1.29, 1.82) is 0 Å². The topological polar surface area (TPSA) is 102 Å². The molecule has 2 saturated heterocycles. The van der Waals surface area contributed by atoms with Gasteiger partial charge in [0, 0.05) is 31.1 Å². The van der Waals surface area contributed by atoms with Crippen molar-refractivity contribution in [3.63, 3.8) is 0 Å². The molecule has 2 heterocycles. The van der Waals surface area contributed by atoms with Gasteiger partial charge in [0.2, 0.25) is 0 Å². The number of hydrogen-bond donors (Lipinski definition) is 1. The molecular formula is C48H65NO9Si. The molecule has 2 atom stereocenters. The zero-order valence-corrected chi connectivity index (χ0v) is 37.1. The summed E-state index contributed by atoms with van der Waals surface area (Å²) in [6, 6.07) is 33.9. The predicted molar refractivity (Wildman–Crippen MR) is 233 cm³/mol. The Balaban J connectivity index is 1.09. The zero-order chi connectivity index (χ0) is 41.7. The summed E-state index contributed by atoms with van der Waals surface area (Å²) >= 11 is 0. The van der Waals surface area contributed by atoms with Crippen molar-refractivity contribution in [3.05, 3.63) is 119 Å². The number of nitrogens with one attached hydrogen (secondary N) is 1. The Kier molecular flexibility index (Phi) is 15.9. The van der Waals surface area contributed by atoms with Crippen LogP contribution in [0, 0.1) is 0 Å². The fraction of sp³-hybridized carbons (Fsp3) is 0.500. The quantitative estimate of drug-likeness (QED) is 0.0357. The van der Waals surface area contributed by atoms with Crippen molar-refractivity contribution in [1.82, 2.24) is 5.32 Å². The largest absolute Gasteiger partial charge is 0.500 e. The van der Waals surface area contributed by atoms with Crippen molar-refractivity contribution in [3.8, 4) is 23.0 Å².